The van der Waals surface area contributed by atoms with E-state index in [-0.39, 0.29) is 0 Å². The molecule has 0 amide bonds. The van der Waals surface area contributed by atoms with Crippen molar-refractivity contribution in [2.45, 2.75) is 51.2 Å². The predicted octanol–water partition coefficient (Wildman–Crippen LogP) is 6.29. The normalized spacial score (nSPS) is 20.5. The highest BCUT2D eigenvalue weighted by Crippen LogP contribution is 2.44. The summed E-state index contributed by atoms with van der Waals surface area (Å²) in [6.07, 6.45) is 9.30. The highest BCUT2D eigenvalue weighted by molar-refractivity contribution is 5.43. The van der Waals surface area contributed by atoms with Gasteiger partial charge in [0, 0.05) is 7.11 Å². The second-order valence-electron chi connectivity index (χ2n) is 8.60. The Morgan fingerprint density at radius 2 is 1.74 bits per heavy atom. The molecule has 2 aromatic rings. The first-order chi connectivity index (χ1) is 15.3. The second-order valence-corrected chi connectivity index (χ2v) is 8.60. The Morgan fingerprint density at radius 1 is 0.903 bits per heavy atom. The average Bonchev–Trinajstić information content (AvgIpc) is 3.25. The summed E-state index contributed by atoms with van der Waals surface area (Å²) in [5, 5.41) is 0. The lowest BCUT2D eigenvalue weighted by Crippen LogP contribution is -2.10. The molecule has 2 aliphatic carbocycles. The van der Waals surface area contributed by atoms with Crippen LogP contribution in [0.1, 0.15) is 43.2 Å². The van der Waals surface area contributed by atoms with E-state index < -0.39 is 0 Å². The fourth-order valence-corrected chi connectivity index (χ4v) is 4.97. The lowest BCUT2D eigenvalue weighted by Gasteiger charge is -2.25. The third kappa shape index (κ3) is 5.66. The van der Waals surface area contributed by atoms with Gasteiger partial charge in [-0.3, -0.25) is 0 Å². The molecule has 0 radical (unpaired) electrons. The molecule has 2 aromatic carbocycles. The van der Waals surface area contributed by atoms with Crippen LogP contribution in [0.5, 0.6) is 5.75 Å². The molecule has 0 aromatic heterocycles. The van der Waals surface area contributed by atoms with E-state index >= 15 is 0 Å². The molecule has 3 nitrogen and oxygen atoms in total. The number of hydrogen-bond acceptors (Lipinski definition) is 3. The van der Waals surface area contributed by atoms with E-state index in [0.29, 0.717) is 18.6 Å². The van der Waals surface area contributed by atoms with E-state index in [9.17, 15) is 0 Å². The number of rotatable bonds is 10. The molecule has 3 heteroatoms. The molecule has 0 N–H and O–H groups in total. The highest BCUT2D eigenvalue weighted by Gasteiger charge is 2.33. The Morgan fingerprint density at radius 3 is 2.55 bits per heavy atom. The minimum atomic E-state index is 0.369. The first-order valence-electron chi connectivity index (χ1n) is 11.5. The maximum atomic E-state index is 6.01. The zero-order valence-corrected chi connectivity index (χ0v) is 18.8. The van der Waals surface area contributed by atoms with Crippen molar-refractivity contribution in [3.8, 4) is 5.75 Å². The lowest BCUT2D eigenvalue weighted by molar-refractivity contribution is 0.106. The van der Waals surface area contributed by atoms with Gasteiger partial charge in [-0.05, 0) is 78.8 Å². The van der Waals surface area contributed by atoms with E-state index in [1.807, 2.05) is 19.2 Å². The van der Waals surface area contributed by atoms with Crippen LogP contribution in [0.25, 0.3) is 0 Å². The molecular weight excluding hydrogens is 384 g/mol. The third-order valence-electron chi connectivity index (χ3n) is 6.67. The fraction of sp³-hybridized carbons (Fsp3) is 0.429. The Balaban J connectivity index is 1.42. The van der Waals surface area contributed by atoms with Gasteiger partial charge in [-0.2, -0.15) is 0 Å². The van der Waals surface area contributed by atoms with Gasteiger partial charge in [0.15, 0.2) is 0 Å². The van der Waals surface area contributed by atoms with Crippen LogP contribution in [0.3, 0.4) is 0 Å². The monoisotopic (exact) mass is 418 g/mol. The van der Waals surface area contributed by atoms with Crippen molar-refractivity contribution in [2.24, 2.45) is 5.92 Å². The van der Waals surface area contributed by atoms with Gasteiger partial charge in [0.05, 0.1) is 26.4 Å². The van der Waals surface area contributed by atoms with Crippen molar-refractivity contribution in [3.63, 3.8) is 0 Å². The molecule has 0 bridgehead atoms. The number of allylic oxidation sites excluding steroid dienone is 2. The molecule has 0 heterocycles. The molecule has 31 heavy (non-hydrogen) atoms. The summed E-state index contributed by atoms with van der Waals surface area (Å²) in [4.78, 5) is 0. The third-order valence-corrected chi connectivity index (χ3v) is 6.67. The smallest absolute Gasteiger partial charge is 0.119 e. The van der Waals surface area contributed by atoms with Gasteiger partial charge in [0.2, 0.25) is 0 Å². The zero-order chi connectivity index (χ0) is 21.5. The summed E-state index contributed by atoms with van der Waals surface area (Å²) >= 11 is 0. The summed E-state index contributed by atoms with van der Waals surface area (Å²) in [5.41, 5.74) is 7.24. The van der Waals surface area contributed by atoms with Crippen LogP contribution in [-0.2, 0) is 22.5 Å². The van der Waals surface area contributed by atoms with Gasteiger partial charge < -0.3 is 14.2 Å². The number of benzene rings is 2. The lowest BCUT2D eigenvalue weighted by atomic mass is 9.81. The van der Waals surface area contributed by atoms with Crippen LogP contribution < -0.4 is 4.74 Å². The van der Waals surface area contributed by atoms with E-state index in [4.69, 9.17) is 14.2 Å². The van der Waals surface area contributed by atoms with Crippen LogP contribution in [0.15, 0.2) is 77.4 Å². The first kappa shape index (κ1) is 21.9. The molecule has 164 valence electrons. The van der Waals surface area contributed by atoms with E-state index in [0.717, 1.165) is 50.9 Å². The largest absolute Gasteiger partial charge is 0.497 e. The summed E-state index contributed by atoms with van der Waals surface area (Å²) in [6.45, 7) is 1.44. The highest BCUT2D eigenvalue weighted by atomic mass is 16.5. The molecule has 0 spiro atoms. The molecule has 0 aliphatic heterocycles. The minimum Gasteiger partial charge on any atom is -0.497 e. The Labute approximate surface area is 186 Å². The molecular formula is C28H34O3. The quantitative estimate of drug-likeness (QED) is 0.425. The number of hydrogen-bond donors (Lipinski definition) is 0. The molecule has 2 atom stereocenters. The standard InChI is InChI=1S/C28H34O3/c1-29-25-10-6-9-21(17-25)11-14-27-23(12-13-24-18-26(30-2)19-28(24)27)15-16-31-20-22-7-4-3-5-8-22/h3-10,12,17,24,26H,11,13-16,18-20H2,1-2H3. The van der Waals surface area contributed by atoms with Gasteiger partial charge in [-0.15, -0.1) is 0 Å². The Hall–Kier alpha value is -2.36. The SMILES string of the molecule is COc1cccc(CCC2=C3CC(OC)CC3CC=C2CCOCc2ccccc2)c1. The molecule has 1 fully saturated rings. The molecule has 0 saturated heterocycles. The topological polar surface area (TPSA) is 27.7 Å². The fourth-order valence-electron chi connectivity index (χ4n) is 4.97. The number of aryl methyl sites for hydroxylation is 1. The van der Waals surface area contributed by atoms with Crippen LogP contribution in [0, 0.1) is 5.92 Å². The second kappa shape index (κ2) is 10.8. The van der Waals surface area contributed by atoms with Gasteiger partial charge >= 0.3 is 0 Å². The number of fused-ring (bicyclic) bond motifs is 1. The van der Waals surface area contributed by atoms with Crippen LogP contribution >= 0.6 is 0 Å². The predicted molar refractivity (Wildman–Crippen MR) is 125 cm³/mol. The average molecular weight is 419 g/mol. The molecule has 2 unspecified atom stereocenters. The van der Waals surface area contributed by atoms with Crippen molar-refractivity contribution in [1.82, 2.24) is 0 Å². The van der Waals surface area contributed by atoms with Gasteiger partial charge in [-0.1, -0.05) is 54.1 Å². The van der Waals surface area contributed by atoms with Crippen molar-refractivity contribution < 1.29 is 14.2 Å². The summed E-state index contributed by atoms with van der Waals surface area (Å²) < 4.78 is 17.2. The number of methoxy groups -OCH3 is 2. The van der Waals surface area contributed by atoms with Crippen molar-refractivity contribution in [3.05, 3.63) is 88.5 Å². The van der Waals surface area contributed by atoms with Gasteiger partial charge in [-0.25, -0.2) is 0 Å². The maximum absolute atomic E-state index is 6.01. The van der Waals surface area contributed by atoms with Crippen LogP contribution in [0.2, 0.25) is 0 Å². The van der Waals surface area contributed by atoms with Crippen LogP contribution in [-0.4, -0.2) is 26.9 Å². The maximum Gasteiger partial charge on any atom is 0.119 e. The zero-order valence-electron chi connectivity index (χ0n) is 18.8. The Kier molecular flexibility index (Phi) is 7.61. The number of ether oxygens (including phenoxy) is 3. The summed E-state index contributed by atoms with van der Waals surface area (Å²) in [7, 11) is 3.58. The van der Waals surface area contributed by atoms with Crippen molar-refractivity contribution in [1.29, 1.82) is 0 Å². The van der Waals surface area contributed by atoms with Gasteiger partial charge in [0.1, 0.15) is 5.75 Å². The summed E-state index contributed by atoms with van der Waals surface area (Å²) in [6, 6.07) is 18.9. The first-order valence-corrected chi connectivity index (χ1v) is 11.5. The summed E-state index contributed by atoms with van der Waals surface area (Å²) in [5.74, 6) is 1.58. The van der Waals surface area contributed by atoms with Crippen molar-refractivity contribution in [2.75, 3.05) is 20.8 Å². The van der Waals surface area contributed by atoms with Crippen molar-refractivity contribution >= 4 is 0 Å². The van der Waals surface area contributed by atoms with Crippen LogP contribution in [0.4, 0.5) is 0 Å². The molecule has 4 rings (SSSR count). The Bertz CT molecular complexity index is 913. The minimum absolute atomic E-state index is 0.369. The van der Waals surface area contributed by atoms with E-state index in [1.54, 1.807) is 18.3 Å². The molecule has 1 saturated carbocycles. The van der Waals surface area contributed by atoms with E-state index in [2.05, 4.69) is 48.5 Å². The molecule has 2 aliphatic rings. The van der Waals surface area contributed by atoms with Gasteiger partial charge in [0.25, 0.3) is 0 Å². The van der Waals surface area contributed by atoms with E-state index in [1.165, 1.54) is 16.7 Å².